The maximum atomic E-state index is 5.94. The second kappa shape index (κ2) is 5.64. The van der Waals surface area contributed by atoms with Gasteiger partial charge in [-0.1, -0.05) is 32.6 Å². The summed E-state index contributed by atoms with van der Waals surface area (Å²) in [6.07, 6.45) is 5.84. The van der Waals surface area contributed by atoms with Crippen LogP contribution < -0.4 is 5.73 Å². The number of rotatable bonds is 4. The second-order valence-corrected chi connectivity index (χ2v) is 2.66. The number of hydrogen-bond donors (Lipinski definition) is 1. The molecule has 0 aliphatic carbocycles. The van der Waals surface area contributed by atoms with Crippen LogP contribution in [0.3, 0.4) is 0 Å². The van der Waals surface area contributed by atoms with Crippen LogP contribution in [0.25, 0.3) is 0 Å². The highest BCUT2D eigenvalue weighted by Gasteiger charge is 2.00. The van der Waals surface area contributed by atoms with Crippen LogP contribution in [0.2, 0.25) is 0 Å². The third kappa shape index (κ3) is 2.57. The Kier molecular flexibility index (Phi) is 5.18. The van der Waals surface area contributed by atoms with Gasteiger partial charge in [-0.15, -0.1) is 0 Å². The van der Waals surface area contributed by atoms with Crippen molar-refractivity contribution in [2.45, 2.75) is 33.6 Å². The fourth-order valence-corrected chi connectivity index (χ4v) is 1.20. The van der Waals surface area contributed by atoms with Gasteiger partial charge in [0.1, 0.15) is 0 Å². The van der Waals surface area contributed by atoms with E-state index in [0.29, 0.717) is 0 Å². The van der Waals surface area contributed by atoms with Crippen LogP contribution in [0.15, 0.2) is 35.6 Å². The van der Waals surface area contributed by atoms with Gasteiger partial charge in [0.05, 0.1) is 0 Å². The molecule has 0 saturated carbocycles. The number of nitrogens with two attached hydrogens (primary N) is 1. The van der Waals surface area contributed by atoms with Crippen LogP contribution in [0.5, 0.6) is 0 Å². The molecule has 0 spiro atoms. The molecule has 0 saturated heterocycles. The molecule has 0 aromatic heterocycles. The molecule has 0 fully saturated rings. The molecular weight excluding hydrogens is 146 g/mol. The van der Waals surface area contributed by atoms with Gasteiger partial charge in [0, 0.05) is 5.70 Å². The summed E-state index contributed by atoms with van der Waals surface area (Å²) in [4.78, 5) is 0. The molecule has 0 heterocycles. The minimum atomic E-state index is 0.900. The van der Waals surface area contributed by atoms with Gasteiger partial charge in [-0.25, -0.2) is 0 Å². The third-order valence-electron chi connectivity index (χ3n) is 2.05. The Morgan fingerprint density at radius 3 is 2.17 bits per heavy atom. The summed E-state index contributed by atoms with van der Waals surface area (Å²) in [5.74, 6) is 0. The molecule has 0 aliphatic rings. The molecule has 0 bridgehead atoms. The molecule has 0 rings (SSSR count). The molecule has 12 heavy (non-hydrogen) atoms. The summed E-state index contributed by atoms with van der Waals surface area (Å²) in [5.41, 5.74) is 9.20. The molecule has 2 N–H and O–H groups in total. The minimum absolute atomic E-state index is 0.900. The molecule has 0 aromatic carbocycles. The average Bonchev–Trinajstić information content (AvgIpc) is 2.09. The van der Waals surface area contributed by atoms with Crippen LogP contribution in [0, 0.1) is 0 Å². The monoisotopic (exact) mass is 165 g/mol. The Morgan fingerprint density at radius 1 is 1.33 bits per heavy atom. The minimum Gasteiger partial charge on any atom is -0.398 e. The first-order valence-corrected chi connectivity index (χ1v) is 4.47. The fraction of sp³-hybridized carbons (Fsp3) is 0.455. The Hall–Kier alpha value is -0.980. The molecule has 0 unspecified atom stereocenters. The van der Waals surface area contributed by atoms with Crippen LogP contribution in [0.4, 0.5) is 0 Å². The second-order valence-electron chi connectivity index (χ2n) is 2.66. The summed E-state index contributed by atoms with van der Waals surface area (Å²) in [5, 5.41) is 0. The predicted molar refractivity (Wildman–Crippen MR) is 55.7 cm³/mol. The first-order valence-electron chi connectivity index (χ1n) is 4.47. The lowest BCUT2D eigenvalue weighted by Gasteiger charge is -2.08. The standard InChI is InChI=1S/C11H19N/c1-5-9(6-2)11(12)10(7-3)8-4/h5,7H,1,6,8,12H2,2-4H3/b10-7-,11-9-. The highest BCUT2D eigenvalue weighted by Crippen LogP contribution is 2.15. The lowest BCUT2D eigenvalue weighted by atomic mass is 10.0. The van der Waals surface area contributed by atoms with Crippen LogP contribution in [-0.4, -0.2) is 0 Å². The van der Waals surface area contributed by atoms with E-state index in [0.717, 1.165) is 24.1 Å². The van der Waals surface area contributed by atoms with Gasteiger partial charge in [0.25, 0.3) is 0 Å². The zero-order valence-electron chi connectivity index (χ0n) is 8.35. The first kappa shape index (κ1) is 11.0. The predicted octanol–water partition coefficient (Wildman–Crippen LogP) is 3.15. The summed E-state index contributed by atoms with van der Waals surface area (Å²) in [7, 11) is 0. The van der Waals surface area contributed by atoms with E-state index in [2.05, 4.69) is 26.5 Å². The van der Waals surface area contributed by atoms with Crippen LogP contribution >= 0.6 is 0 Å². The van der Waals surface area contributed by atoms with Crippen molar-refractivity contribution in [2.24, 2.45) is 5.73 Å². The van der Waals surface area contributed by atoms with Crippen molar-refractivity contribution < 1.29 is 0 Å². The smallest absolute Gasteiger partial charge is 0.0375 e. The Bertz CT molecular complexity index is 209. The highest BCUT2D eigenvalue weighted by atomic mass is 14.6. The Labute approximate surface area is 75.7 Å². The molecule has 0 amide bonds. The fourth-order valence-electron chi connectivity index (χ4n) is 1.20. The summed E-state index contributed by atoms with van der Waals surface area (Å²) >= 11 is 0. The van der Waals surface area contributed by atoms with Crippen molar-refractivity contribution in [2.75, 3.05) is 0 Å². The third-order valence-corrected chi connectivity index (χ3v) is 2.05. The van der Waals surface area contributed by atoms with E-state index < -0.39 is 0 Å². The molecule has 0 aromatic rings. The van der Waals surface area contributed by atoms with Gasteiger partial charge in [0.15, 0.2) is 0 Å². The van der Waals surface area contributed by atoms with Crippen molar-refractivity contribution in [1.29, 1.82) is 0 Å². The summed E-state index contributed by atoms with van der Waals surface area (Å²) < 4.78 is 0. The SMILES string of the molecule is C=C/C(CC)=C(N)\C(=C/C)CC. The largest absolute Gasteiger partial charge is 0.398 e. The average molecular weight is 165 g/mol. The maximum Gasteiger partial charge on any atom is 0.0375 e. The number of allylic oxidation sites excluding steroid dienone is 4. The van der Waals surface area contributed by atoms with Crippen LogP contribution in [-0.2, 0) is 0 Å². The molecule has 68 valence electrons. The number of hydrogen-bond acceptors (Lipinski definition) is 1. The van der Waals surface area contributed by atoms with E-state index in [1.807, 2.05) is 13.0 Å². The van der Waals surface area contributed by atoms with Gasteiger partial charge in [-0.3, -0.25) is 0 Å². The van der Waals surface area contributed by atoms with E-state index in [1.165, 1.54) is 5.57 Å². The van der Waals surface area contributed by atoms with Crippen LogP contribution in [0.1, 0.15) is 33.6 Å². The lowest BCUT2D eigenvalue weighted by Crippen LogP contribution is -2.04. The Balaban J connectivity index is 4.84. The van der Waals surface area contributed by atoms with E-state index in [-0.39, 0.29) is 0 Å². The quantitative estimate of drug-likeness (QED) is 0.636. The van der Waals surface area contributed by atoms with Gasteiger partial charge >= 0.3 is 0 Å². The van der Waals surface area contributed by atoms with Crippen molar-refractivity contribution in [3.8, 4) is 0 Å². The van der Waals surface area contributed by atoms with Gasteiger partial charge < -0.3 is 5.73 Å². The van der Waals surface area contributed by atoms with Crippen molar-refractivity contribution in [3.05, 3.63) is 35.6 Å². The summed E-state index contributed by atoms with van der Waals surface area (Å²) in [6, 6.07) is 0. The van der Waals surface area contributed by atoms with Gasteiger partial charge in [-0.05, 0) is 30.9 Å². The van der Waals surface area contributed by atoms with Gasteiger partial charge in [-0.2, -0.15) is 0 Å². The molecular formula is C11H19N. The molecule has 0 atom stereocenters. The lowest BCUT2D eigenvalue weighted by molar-refractivity contribution is 1.03. The Morgan fingerprint density at radius 2 is 1.92 bits per heavy atom. The normalized spacial score (nSPS) is 14.1. The molecule has 0 aliphatic heterocycles. The zero-order valence-corrected chi connectivity index (χ0v) is 8.35. The highest BCUT2D eigenvalue weighted by molar-refractivity contribution is 5.36. The molecule has 0 radical (unpaired) electrons. The maximum absolute atomic E-state index is 5.94. The van der Waals surface area contributed by atoms with Crippen molar-refractivity contribution >= 4 is 0 Å². The van der Waals surface area contributed by atoms with E-state index in [1.54, 1.807) is 0 Å². The van der Waals surface area contributed by atoms with E-state index in [4.69, 9.17) is 5.73 Å². The molecule has 1 heteroatoms. The topological polar surface area (TPSA) is 26.0 Å². The van der Waals surface area contributed by atoms with E-state index in [9.17, 15) is 0 Å². The van der Waals surface area contributed by atoms with Crippen molar-refractivity contribution in [1.82, 2.24) is 0 Å². The summed E-state index contributed by atoms with van der Waals surface area (Å²) in [6.45, 7) is 9.95. The zero-order chi connectivity index (χ0) is 9.56. The van der Waals surface area contributed by atoms with Crippen molar-refractivity contribution in [3.63, 3.8) is 0 Å². The van der Waals surface area contributed by atoms with E-state index >= 15 is 0 Å². The van der Waals surface area contributed by atoms with Gasteiger partial charge in [0.2, 0.25) is 0 Å². The molecule has 1 nitrogen and oxygen atoms in total. The first-order chi connectivity index (χ1) is 5.71.